The topological polar surface area (TPSA) is 121 Å². The summed E-state index contributed by atoms with van der Waals surface area (Å²) in [5, 5.41) is 63.8. The van der Waals surface area contributed by atoms with Gasteiger partial charge in [-0.15, -0.1) is 0 Å². The Morgan fingerprint density at radius 3 is 1.17 bits per heavy atom. The van der Waals surface area contributed by atoms with E-state index in [-0.39, 0.29) is 71.8 Å². The highest BCUT2D eigenvalue weighted by atomic mass is 127. The van der Waals surface area contributed by atoms with Crippen molar-refractivity contribution in [1.29, 1.82) is 0 Å². The maximum absolute atomic E-state index is 10.8. The number of aryl methyl sites for hydroxylation is 1. The van der Waals surface area contributed by atoms with Gasteiger partial charge in [-0.1, -0.05) is 124 Å². The number of phenols is 6. The van der Waals surface area contributed by atoms with Crippen LogP contribution in [0.2, 0.25) is 0 Å². The van der Waals surface area contributed by atoms with E-state index in [0.717, 1.165) is 94.5 Å². The van der Waals surface area contributed by atoms with Gasteiger partial charge in [0.15, 0.2) is 0 Å². The fourth-order valence-corrected chi connectivity index (χ4v) is 12.8. The number of phenolic OH excluding ortho intramolecular Hbond substituents is 6. The van der Waals surface area contributed by atoms with Crippen molar-refractivity contribution < 1.29 is 33.4 Å². The van der Waals surface area contributed by atoms with Gasteiger partial charge in [0.1, 0.15) is 34.5 Å². The van der Waals surface area contributed by atoms with Gasteiger partial charge >= 0.3 is 0 Å². The molecule has 0 spiro atoms. The molecule has 6 nitrogen and oxygen atoms in total. The summed E-state index contributed by atoms with van der Waals surface area (Å²) in [6, 6.07) is 3.66. The van der Waals surface area contributed by atoms with Gasteiger partial charge in [-0.05, 0) is 200 Å². The second kappa shape index (κ2) is 26.2. The van der Waals surface area contributed by atoms with Crippen LogP contribution in [0.5, 0.6) is 34.5 Å². The van der Waals surface area contributed by atoms with Crippen LogP contribution >= 0.6 is 45.2 Å². The van der Waals surface area contributed by atoms with Gasteiger partial charge in [0.2, 0.25) is 0 Å². The average molecular weight is 1140 g/mol. The van der Waals surface area contributed by atoms with Gasteiger partial charge in [-0.25, -0.2) is 0 Å². The van der Waals surface area contributed by atoms with Crippen LogP contribution < -0.4 is 0 Å². The van der Waals surface area contributed by atoms with Crippen molar-refractivity contribution in [3.05, 3.63) is 99.7 Å². The Morgan fingerprint density at radius 2 is 0.833 bits per heavy atom. The molecular weight excluding hydrogens is 1050 g/mol. The van der Waals surface area contributed by atoms with Crippen molar-refractivity contribution in [3.63, 3.8) is 0 Å². The van der Waals surface area contributed by atoms with E-state index in [9.17, 15) is 30.6 Å². The summed E-state index contributed by atoms with van der Waals surface area (Å²) in [6.45, 7) is 25.8. The standard InChI is InChI=1S/C19H26I2O2.2C19H28O2.CH4/c1-5-6-13-16(20)18(22)15(19(23)17(13)21)14-9-11(4)7-8-12(14)10(2)3;2*1-5-6-14-10-17(20)19(18(21)11-14)16-9-13(4)7-8-15(16)12(2)3;/h9-10,12,14,22-23H,5-8H2,1-4H3;2*9-12,15-16,20-21H,5-8H2,1-4H3;1H4/t12-,14?;2*15-,16?;/m000./s1/i;10T,11T;;. The van der Waals surface area contributed by atoms with E-state index in [1.165, 1.54) is 16.7 Å². The molecule has 0 amide bonds. The van der Waals surface area contributed by atoms with E-state index in [4.69, 9.17) is 2.74 Å². The molecular formula is C58H86I2O6. The molecule has 3 aliphatic carbocycles. The Hall–Kier alpha value is -2.86. The van der Waals surface area contributed by atoms with Crippen LogP contribution in [-0.2, 0) is 19.3 Å². The van der Waals surface area contributed by atoms with E-state index in [1.807, 2.05) is 19.1 Å². The summed E-state index contributed by atoms with van der Waals surface area (Å²) in [6.07, 6.45) is 18.2. The van der Waals surface area contributed by atoms with E-state index in [1.54, 1.807) is 0 Å². The van der Waals surface area contributed by atoms with Gasteiger partial charge in [-0.3, -0.25) is 0 Å². The Bertz CT molecular complexity index is 2090. The zero-order valence-corrected chi connectivity index (χ0v) is 45.8. The minimum Gasteiger partial charge on any atom is -0.507 e. The van der Waals surface area contributed by atoms with E-state index in [2.05, 4.69) is 140 Å². The van der Waals surface area contributed by atoms with E-state index < -0.39 is 0 Å². The smallest absolute Gasteiger partial charge is 0.136 e. The lowest BCUT2D eigenvalue weighted by molar-refractivity contribution is 0.303. The molecule has 6 rings (SSSR count). The quantitative estimate of drug-likeness (QED) is 0.0794. The number of allylic oxidation sites excluding steroid dienone is 6. The third-order valence-electron chi connectivity index (χ3n) is 14.2. The average Bonchev–Trinajstić information content (AvgIpc) is 3.25. The third kappa shape index (κ3) is 14.1. The normalized spacial score (nSPS) is 22.2. The van der Waals surface area contributed by atoms with Gasteiger partial charge in [0.05, 0.1) is 9.88 Å². The Balaban J connectivity index is 0.000000269. The lowest BCUT2D eigenvalue weighted by atomic mass is 9.71. The summed E-state index contributed by atoms with van der Waals surface area (Å²) in [5.41, 5.74) is 8.28. The molecule has 3 aliphatic rings. The number of hydrogen-bond acceptors (Lipinski definition) is 6. The highest BCUT2D eigenvalue weighted by Crippen LogP contribution is 2.51. The first-order chi connectivity index (χ1) is 31.5. The van der Waals surface area contributed by atoms with Crippen molar-refractivity contribution >= 4 is 45.2 Å². The van der Waals surface area contributed by atoms with Crippen molar-refractivity contribution in [2.75, 3.05) is 0 Å². The van der Waals surface area contributed by atoms with Gasteiger partial charge in [-0.2, -0.15) is 0 Å². The molecule has 3 unspecified atom stereocenters. The minimum atomic E-state index is -0.149. The largest absolute Gasteiger partial charge is 0.507 e. The van der Waals surface area contributed by atoms with Crippen molar-refractivity contribution in [2.45, 2.75) is 185 Å². The number of rotatable bonds is 12. The van der Waals surface area contributed by atoms with Crippen molar-refractivity contribution in [1.82, 2.24) is 0 Å². The zero-order chi connectivity index (χ0) is 50.2. The molecule has 6 N–H and O–H groups in total. The molecule has 66 heavy (non-hydrogen) atoms. The molecule has 3 aromatic rings. The van der Waals surface area contributed by atoms with Gasteiger partial charge in [0.25, 0.3) is 0 Å². The van der Waals surface area contributed by atoms with Crippen LogP contribution in [0, 0.1) is 42.6 Å². The minimum absolute atomic E-state index is 0. The molecule has 3 aromatic carbocycles. The number of benzene rings is 3. The Kier molecular flexibility index (Phi) is 21.5. The van der Waals surface area contributed by atoms with Crippen molar-refractivity contribution in [3.8, 4) is 34.5 Å². The van der Waals surface area contributed by atoms with Gasteiger partial charge < -0.3 is 30.6 Å². The number of aromatic hydroxyl groups is 6. The predicted octanol–water partition coefficient (Wildman–Crippen LogP) is 17.3. The Morgan fingerprint density at radius 1 is 0.515 bits per heavy atom. The number of halogens is 2. The summed E-state index contributed by atoms with van der Waals surface area (Å²) in [7, 11) is 0. The lowest BCUT2D eigenvalue weighted by Crippen LogP contribution is -2.21. The SMILES string of the molecule is C.CCCc1c(I)c(O)c(C2C=C(C)CC[C@H]2C(C)C)c(O)c1I.CCCc1cc(O)c(C2C=C(C)CC[C@H]2C(C)C)c(O)c1.[3H]c1c(O)c(C2C=C(C)CC[C@H]2C(C)C)c(O)c([3H])c1CCC. The molecule has 0 aliphatic heterocycles. The zero-order valence-electron chi connectivity index (χ0n) is 43.5. The van der Waals surface area contributed by atoms with Crippen LogP contribution in [0.4, 0.5) is 0 Å². The van der Waals surface area contributed by atoms with E-state index >= 15 is 0 Å². The first-order valence-corrected chi connectivity index (χ1v) is 26.7. The molecule has 8 heteroatoms. The fourth-order valence-electron chi connectivity index (χ4n) is 10.6. The van der Waals surface area contributed by atoms with Crippen molar-refractivity contribution in [2.24, 2.45) is 35.5 Å². The fraction of sp³-hybridized carbons (Fsp3) is 0.586. The molecule has 0 saturated carbocycles. The number of hydrogen-bond donors (Lipinski definition) is 6. The molecule has 0 aromatic heterocycles. The maximum atomic E-state index is 10.8. The third-order valence-corrected chi connectivity index (χ3v) is 16.5. The summed E-state index contributed by atoms with van der Waals surface area (Å²) < 4.78 is 18.2. The van der Waals surface area contributed by atoms with E-state index in [0.29, 0.717) is 58.6 Å². The maximum Gasteiger partial charge on any atom is 0.136 e. The molecule has 0 saturated heterocycles. The highest BCUT2D eigenvalue weighted by Gasteiger charge is 2.35. The van der Waals surface area contributed by atoms with Crippen LogP contribution in [0.15, 0.2) is 59.2 Å². The van der Waals surface area contributed by atoms with Crippen LogP contribution in [0.3, 0.4) is 0 Å². The molecule has 0 fully saturated rings. The second-order valence-electron chi connectivity index (χ2n) is 20.3. The van der Waals surface area contributed by atoms with Crippen LogP contribution in [-0.4, -0.2) is 30.6 Å². The Labute approximate surface area is 430 Å². The molecule has 0 bridgehead atoms. The molecule has 0 heterocycles. The summed E-state index contributed by atoms with van der Waals surface area (Å²) in [5.74, 6) is 3.55. The summed E-state index contributed by atoms with van der Waals surface area (Å²) in [4.78, 5) is 0. The molecule has 6 atom stereocenters. The lowest BCUT2D eigenvalue weighted by Gasteiger charge is -2.34. The van der Waals surface area contributed by atoms with Gasteiger partial charge in [0, 0.05) is 34.4 Å². The van der Waals surface area contributed by atoms with Crippen LogP contribution in [0.1, 0.15) is 202 Å². The molecule has 368 valence electrons. The monoisotopic (exact) mass is 1140 g/mol. The molecule has 0 radical (unpaired) electrons. The first kappa shape index (κ1) is 54.1. The summed E-state index contributed by atoms with van der Waals surface area (Å²) >= 11 is 4.47. The van der Waals surface area contributed by atoms with Crippen LogP contribution in [0.25, 0.3) is 0 Å². The second-order valence-corrected chi connectivity index (χ2v) is 22.5. The first-order valence-electron chi connectivity index (χ1n) is 25.5. The predicted molar refractivity (Wildman–Crippen MR) is 296 cm³/mol. The highest BCUT2D eigenvalue weighted by molar-refractivity contribution is 14.1.